The van der Waals surface area contributed by atoms with Crippen LogP contribution in [0.4, 0.5) is 0 Å². The van der Waals surface area contributed by atoms with Gasteiger partial charge in [0.2, 0.25) is 29.1 Å². The van der Waals surface area contributed by atoms with E-state index in [0.29, 0.717) is 0 Å². The number of carbonyl (C=O) groups is 5. The first-order chi connectivity index (χ1) is 11.5. The monoisotopic (exact) mass is 356 g/mol. The Hall–Kier alpha value is -3.17. The zero-order chi connectivity index (χ0) is 19.3. The summed E-state index contributed by atoms with van der Waals surface area (Å²) in [5.41, 5.74) is 0. The Morgan fingerprint density at radius 3 is 1.12 bits per heavy atom. The Bertz CT molecular complexity index is 645. The van der Waals surface area contributed by atoms with Gasteiger partial charge in [0, 0.05) is 34.6 Å². The largest absolute Gasteiger partial charge is 0.446 e. The summed E-state index contributed by atoms with van der Waals surface area (Å²) in [6, 6.07) is 0. The summed E-state index contributed by atoms with van der Waals surface area (Å²) in [6.07, 6.45) is -1.56. The van der Waals surface area contributed by atoms with Gasteiger partial charge < -0.3 is 23.7 Å². The molecule has 0 unspecified atom stereocenters. The molecule has 0 amide bonds. The van der Waals surface area contributed by atoms with Crippen molar-refractivity contribution in [2.75, 3.05) is 0 Å². The van der Waals surface area contributed by atoms with Crippen molar-refractivity contribution in [3.05, 3.63) is 23.0 Å². The molecule has 0 radical (unpaired) electrons. The van der Waals surface area contributed by atoms with Crippen molar-refractivity contribution in [3.63, 3.8) is 0 Å². The summed E-state index contributed by atoms with van der Waals surface area (Å²) in [6.45, 7) is 5.20. The lowest BCUT2D eigenvalue weighted by Crippen LogP contribution is -2.24. The fourth-order valence-electron chi connectivity index (χ4n) is 1.84. The van der Waals surface area contributed by atoms with E-state index in [4.69, 9.17) is 23.7 Å². The minimum Gasteiger partial charge on any atom is -0.446 e. The highest BCUT2D eigenvalue weighted by Crippen LogP contribution is 2.38. The van der Waals surface area contributed by atoms with E-state index in [1.807, 2.05) is 0 Å². The van der Waals surface area contributed by atoms with Gasteiger partial charge in [-0.15, -0.1) is 0 Å². The van der Waals surface area contributed by atoms with Crippen LogP contribution in [0.1, 0.15) is 34.6 Å². The number of rotatable bonds is 5. The van der Waals surface area contributed by atoms with Gasteiger partial charge in [0.25, 0.3) is 0 Å². The van der Waals surface area contributed by atoms with E-state index in [0.717, 1.165) is 34.6 Å². The van der Waals surface area contributed by atoms with Gasteiger partial charge in [-0.3, -0.25) is 24.0 Å². The molecule has 0 aromatic carbocycles. The van der Waals surface area contributed by atoms with E-state index < -0.39 is 59.0 Å². The molecule has 0 fully saturated rings. The van der Waals surface area contributed by atoms with Crippen molar-refractivity contribution in [1.82, 2.24) is 0 Å². The molecule has 136 valence electrons. The number of hydrogen-bond donors (Lipinski definition) is 0. The topological polar surface area (TPSA) is 132 Å². The first-order valence-corrected chi connectivity index (χ1v) is 6.92. The molecule has 0 saturated heterocycles. The minimum absolute atomic E-state index is 0.467. The predicted octanol–water partition coefficient (Wildman–Crippen LogP) is 0.607. The van der Waals surface area contributed by atoms with E-state index in [1.54, 1.807) is 0 Å². The van der Waals surface area contributed by atoms with Gasteiger partial charge in [-0.25, -0.2) is 0 Å². The van der Waals surface area contributed by atoms with E-state index in [-0.39, 0.29) is 0 Å². The number of carbonyl (C=O) groups excluding carboxylic acids is 5. The smallest absolute Gasteiger partial charge is 0.308 e. The second-order valence-electron chi connectivity index (χ2n) is 4.75. The summed E-state index contributed by atoms with van der Waals surface area (Å²) < 4.78 is 24.6. The lowest BCUT2D eigenvalue weighted by atomic mass is 10.3. The van der Waals surface area contributed by atoms with Crippen molar-refractivity contribution in [1.29, 1.82) is 0 Å². The quantitative estimate of drug-likeness (QED) is 0.509. The van der Waals surface area contributed by atoms with Crippen LogP contribution < -0.4 is 0 Å². The lowest BCUT2D eigenvalue weighted by Gasteiger charge is -2.16. The molecule has 0 aromatic rings. The average Bonchev–Trinajstić information content (AvgIpc) is 2.63. The third-order valence-electron chi connectivity index (χ3n) is 2.41. The first-order valence-electron chi connectivity index (χ1n) is 6.92. The number of ether oxygens (including phenoxy) is 5. The third-order valence-corrected chi connectivity index (χ3v) is 2.41. The molecule has 1 rings (SSSR count). The van der Waals surface area contributed by atoms with Gasteiger partial charge in [0.15, 0.2) is 0 Å². The first kappa shape index (κ1) is 19.9. The molecule has 0 heterocycles. The van der Waals surface area contributed by atoms with E-state index in [2.05, 4.69) is 0 Å². The fraction of sp³-hybridized carbons (Fsp3) is 0.400. The maximum atomic E-state index is 11.4. The molecule has 0 spiro atoms. The summed E-state index contributed by atoms with van der Waals surface area (Å²) in [5.74, 6) is -6.18. The summed E-state index contributed by atoms with van der Waals surface area (Å²) in [7, 11) is 0. The normalized spacial score (nSPS) is 14.1. The van der Waals surface area contributed by atoms with Crippen LogP contribution in [0.15, 0.2) is 23.0 Å². The Morgan fingerprint density at radius 1 is 0.560 bits per heavy atom. The van der Waals surface area contributed by atoms with Crippen LogP contribution in [0.3, 0.4) is 0 Å². The van der Waals surface area contributed by atoms with Crippen molar-refractivity contribution in [3.8, 4) is 0 Å². The second kappa shape index (κ2) is 8.08. The molecule has 0 atom stereocenters. The van der Waals surface area contributed by atoms with Gasteiger partial charge in [-0.05, 0) is 0 Å². The van der Waals surface area contributed by atoms with Crippen molar-refractivity contribution < 1.29 is 47.7 Å². The van der Waals surface area contributed by atoms with Crippen LogP contribution in [0.5, 0.6) is 0 Å². The van der Waals surface area contributed by atoms with Gasteiger partial charge in [0.05, 0.1) is 0 Å². The van der Waals surface area contributed by atoms with E-state index in [1.165, 1.54) is 0 Å². The Labute approximate surface area is 142 Å². The van der Waals surface area contributed by atoms with Crippen LogP contribution in [-0.4, -0.2) is 36.0 Å². The highest BCUT2D eigenvalue weighted by atomic mass is 16.6. The Kier molecular flexibility index (Phi) is 6.43. The number of hydrogen-bond acceptors (Lipinski definition) is 10. The van der Waals surface area contributed by atoms with Crippen LogP contribution in [0, 0.1) is 0 Å². The van der Waals surface area contributed by atoms with E-state index in [9.17, 15) is 24.0 Å². The summed E-state index contributed by atoms with van der Waals surface area (Å²) in [4.78, 5) is 56.7. The second-order valence-corrected chi connectivity index (χ2v) is 4.75. The van der Waals surface area contributed by atoms with Gasteiger partial charge in [-0.1, -0.05) is 0 Å². The molecular weight excluding hydrogens is 340 g/mol. The SMILES string of the molecule is CC(=O)OC1=C(OC(C)=O)C(OC(C)=O)C(OC(C)=O)=C1OC(C)=O. The minimum atomic E-state index is -1.56. The highest BCUT2D eigenvalue weighted by Gasteiger charge is 2.45. The van der Waals surface area contributed by atoms with Gasteiger partial charge in [0.1, 0.15) is 0 Å². The molecule has 25 heavy (non-hydrogen) atoms. The third kappa shape index (κ3) is 5.44. The molecule has 0 aliphatic heterocycles. The van der Waals surface area contributed by atoms with Crippen LogP contribution in [0.2, 0.25) is 0 Å². The van der Waals surface area contributed by atoms with Crippen LogP contribution in [-0.2, 0) is 47.7 Å². The molecular formula is C15H16O10. The molecule has 10 heteroatoms. The molecule has 0 N–H and O–H groups in total. The predicted molar refractivity (Wildman–Crippen MR) is 76.7 cm³/mol. The summed E-state index contributed by atoms with van der Waals surface area (Å²) in [5, 5.41) is 0. The lowest BCUT2D eigenvalue weighted by molar-refractivity contribution is -0.153. The van der Waals surface area contributed by atoms with Crippen LogP contribution in [0.25, 0.3) is 0 Å². The molecule has 1 aliphatic carbocycles. The molecule has 0 saturated carbocycles. The van der Waals surface area contributed by atoms with Gasteiger partial charge >= 0.3 is 29.8 Å². The van der Waals surface area contributed by atoms with E-state index >= 15 is 0 Å². The van der Waals surface area contributed by atoms with Crippen molar-refractivity contribution >= 4 is 29.8 Å². The maximum absolute atomic E-state index is 11.4. The van der Waals surface area contributed by atoms with Crippen molar-refractivity contribution in [2.45, 2.75) is 40.7 Å². The molecule has 0 aromatic heterocycles. The zero-order valence-electron chi connectivity index (χ0n) is 14.2. The fourth-order valence-corrected chi connectivity index (χ4v) is 1.84. The number of esters is 5. The van der Waals surface area contributed by atoms with Crippen LogP contribution >= 0.6 is 0 Å². The summed E-state index contributed by atoms with van der Waals surface area (Å²) >= 11 is 0. The Balaban J connectivity index is 3.58. The zero-order valence-corrected chi connectivity index (χ0v) is 14.2. The molecule has 10 nitrogen and oxygen atoms in total. The highest BCUT2D eigenvalue weighted by molar-refractivity contribution is 5.75. The standard InChI is InChI=1S/C15H16O10/c1-6(16)21-11-12(22-7(2)17)14(24-9(4)19)15(25-10(5)20)13(11)23-8(3)18/h11H,1-5H3. The maximum Gasteiger partial charge on any atom is 0.308 e. The Morgan fingerprint density at radius 2 is 0.880 bits per heavy atom. The van der Waals surface area contributed by atoms with Gasteiger partial charge in [-0.2, -0.15) is 0 Å². The molecule has 1 aliphatic rings. The van der Waals surface area contributed by atoms with Crippen molar-refractivity contribution in [2.24, 2.45) is 0 Å². The average molecular weight is 356 g/mol. The molecule has 0 bridgehead atoms.